The van der Waals surface area contributed by atoms with E-state index in [1.54, 1.807) is 0 Å². The number of rotatable bonds is 5. The second kappa shape index (κ2) is 5.49. The molecule has 1 saturated carbocycles. The van der Waals surface area contributed by atoms with Gasteiger partial charge < -0.3 is 4.74 Å². The van der Waals surface area contributed by atoms with Crippen LogP contribution in [0.25, 0.3) is 0 Å². The number of halogens is 1. The molecule has 1 aromatic rings. The van der Waals surface area contributed by atoms with Crippen LogP contribution in [0.3, 0.4) is 0 Å². The van der Waals surface area contributed by atoms with Crippen LogP contribution >= 0.6 is 0 Å². The summed E-state index contributed by atoms with van der Waals surface area (Å²) < 4.78 is 41.4. The van der Waals surface area contributed by atoms with Crippen molar-refractivity contribution in [3.05, 3.63) is 29.1 Å². The van der Waals surface area contributed by atoms with Crippen molar-refractivity contribution in [3.8, 4) is 0 Å². The summed E-state index contributed by atoms with van der Waals surface area (Å²) in [5.74, 6) is -0.933. The van der Waals surface area contributed by atoms with Crippen LogP contribution in [-0.2, 0) is 14.8 Å². The first-order valence-corrected chi connectivity index (χ1v) is 7.83. The zero-order chi connectivity index (χ0) is 14.9. The van der Waals surface area contributed by atoms with Gasteiger partial charge in [0.05, 0.1) is 17.1 Å². The Labute approximate surface area is 117 Å². The minimum atomic E-state index is -4.08. The molecule has 1 fully saturated rings. The van der Waals surface area contributed by atoms with Crippen molar-refractivity contribution in [2.75, 3.05) is 6.61 Å². The average molecular weight is 301 g/mol. The third-order valence-corrected chi connectivity index (χ3v) is 4.33. The highest BCUT2D eigenvalue weighted by Crippen LogP contribution is 2.32. The van der Waals surface area contributed by atoms with Crippen LogP contribution in [0.5, 0.6) is 0 Å². The molecule has 0 saturated heterocycles. The Morgan fingerprint density at radius 3 is 2.65 bits per heavy atom. The number of sulfonamides is 1. The monoisotopic (exact) mass is 301 g/mol. The molecule has 0 heterocycles. The van der Waals surface area contributed by atoms with Crippen molar-refractivity contribution in [3.63, 3.8) is 0 Å². The molecule has 0 aromatic heterocycles. The first kappa shape index (κ1) is 14.9. The second-order valence-electron chi connectivity index (χ2n) is 4.99. The maximum Gasteiger partial charge on any atom is 0.338 e. The molecule has 0 unspecified atom stereocenters. The Balaban J connectivity index is 2.18. The summed E-state index contributed by atoms with van der Waals surface area (Å²) >= 11 is 0. The maximum atomic E-state index is 13.7. The minimum Gasteiger partial charge on any atom is -0.462 e. The number of ether oxygens (including phenoxy) is 1. The molecule has 1 aromatic carbocycles. The molecule has 2 rings (SSSR count). The van der Waals surface area contributed by atoms with Gasteiger partial charge in [-0.2, -0.15) is 0 Å². The van der Waals surface area contributed by atoms with Gasteiger partial charge in [-0.15, -0.1) is 0 Å². The first-order chi connectivity index (χ1) is 9.29. The van der Waals surface area contributed by atoms with Gasteiger partial charge in [-0.3, -0.25) is 0 Å². The molecular weight excluding hydrogens is 285 g/mol. The van der Waals surface area contributed by atoms with E-state index < -0.39 is 26.7 Å². The zero-order valence-electron chi connectivity index (χ0n) is 11.1. The van der Waals surface area contributed by atoms with Crippen molar-refractivity contribution < 1.29 is 22.3 Å². The van der Waals surface area contributed by atoms with Gasteiger partial charge in [0.15, 0.2) is 0 Å². The van der Waals surface area contributed by atoms with E-state index in [0.29, 0.717) is 5.92 Å². The highest BCUT2D eigenvalue weighted by Gasteiger charge is 2.22. The Morgan fingerprint density at radius 1 is 1.45 bits per heavy atom. The molecule has 2 N–H and O–H groups in total. The topological polar surface area (TPSA) is 86.5 Å². The fourth-order valence-corrected chi connectivity index (χ4v) is 2.69. The van der Waals surface area contributed by atoms with Crippen molar-refractivity contribution in [1.29, 1.82) is 0 Å². The molecule has 0 spiro atoms. The number of esters is 1. The number of hydrogen-bond acceptors (Lipinski definition) is 4. The van der Waals surface area contributed by atoms with Crippen LogP contribution in [0.1, 0.15) is 35.2 Å². The fourth-order valence-electron chi connectivity index (χ4n) is 1.88. The number of nitrogens with two attached hydrogens (primary N) is 1. The van der Waals surface area contributed by atoms with Gasteiger partial charge in [-0.1, -0.05) is 12.8 Å². The molecule has 0 bridgehead atoms. The third-order valence-electron chi connectivity index (χ3n) is 3.30. The molecule has 1 aliphatic carbocycles. The van der Waals surface area contributed by atoms with E-state index in [9.17, 15) is 17.6 Å². The molecule has 110 valence electrons. The Kier molecular flexibility index (Phi) is 4.10. The van der Waals surface area contributed by atoms with E-state index in [-0.39, 0.29) is 17.7 Å². The second-order valence-corrected chi connectivity index (χ2v) is 6.52. The van der Waals surface area contributed by atoms with Crippen molar-refractivity contribution >= 4 is 16.0 Å². The van der Waals surface area contributed by atoms with Crippen molar-refractivity contribution in [1.82, 2.24) is 0 Å². The Morgan fingerprint density at radius 2 is 2.10 bits per heavy atom. The largest absolute Gasteiger partial charge is 0.462 e. The van der Waals surface area contributed by atoms with Gasteiger partial charge in [-0.25, -0.2) is 22.7 Å². The first-order valence-electron chi connectivity index (χ1n) is 6.29. The van der Waals surface area contributed by atoms with E-state index in [4.69, 9.17) is 9.88 Å². The molecule has 0 atom stereocenters. The van der Waals surface area contributed by atoms with E-state index in [0.717, 1.165) is 31.4 Å². The molecule has 0 aliphatic heterocycles. The average Bonchev–Trinajstić information content (AvgIpc) is 3.14. The van der Waals surface area contributed by atoms with Gasteiger partial charge >= 0.3 is 5.97 Å². The molecule has 0 radical (unpaired) electrons. The van der Waals surface area contributed by atoms with Crippen LogP contribution in [-0.4, -0.2) is 21.0 Å². The van der Waals surface area contributed by atoms with Gasteiger partial charge in [0.25, 0.3) is 0 Å². The number of hydrogen-bond donors (Lipinski definition) is 1. The van der Waals surface area contributed by atoms with Crippen LogP contribution in [0.2, 0.25) is 0 Å². The number of primary sulfonamides is 1. The van der Waals surface area contributed by atoms with Crippen LogP contribution in [0.15, 0.2) is 17.0 Å². The van der Waals surface area contributed by atoms with E-state index in [1.807, 2.05) is 0 Å². The summed E-state index contributed by atoms with van der Waals surface area (Å²) in [5, 5.41) is 5.00. The van der Waals surface area contributed by atoms with Crippen molar-refractivity contribution in [2.45, 2.75) is 31.1 Å². The summed E-state index contributed by atoms with van der Waals surface area (Å²) in [6, 6.07) is 2.01. The Bertz CT molecular complexity index is 638. The minimum absolute atomic E-state index is 0.109. The molecule has 7 heteroatoms. The van der Waals surface area contributed by atoms with Crippen molar-refractivity contribution in [2.24, 2.45) is 11.1 Å². The van der Waals surface area contributed by atoms with Gasteiger partial charge in [0, 0.05) is 5.56 Å². The Hall–Kier alpha value is -1.47. The number of carbonyl (C=O) groups is 1. The van der Waals surface area contributed by atoms with Gasteiger partial charge in [0.2, 0.25) is 10.0 Å². The predicted molar refractivity (Wildman–Crippen MR) is 70.1 cm³/mol. The summed E-state index contributed by atoms with van der Waals surface area (Å²) in [4.78, 5) is 11.4. The molecule has 5 nitrogen and oxygen atoms in total. The zero-order valence-corrected chi connectivity index (χ0v) is 11.9. The lowest BCUT2D eigenvalue weighted by Gasteiger charge is -2.09. The smallest absolute Gasteiger partial charge is 0.338 e. The third kappa shape index (κ3) is 3.55. The standard InChI is InChI=1S/C13H16FNO4S/c1-8-11(14)6-10(7-12(8)20(15,17)18)13(16)19-5-4-9-2-3-9/h6-7,9H,2-5H2,1H3,(H2,15,17,18). The number of benzene rings is 1. The molecular formula is C13H16FNO4S. The fraction of sp³-hybridized carbons (Fsp3) is 0.462. The summed E-state index contributed by atoms with van der Waals surface area (Å²) in [7, 11) is -4.08. The van der Waals surface area contributed by atoms with Gasteiger partial charge in [0.1, 0.15) is 5.82 Å². The molecule has 20 heavy (non-hydrogen) atoms. The lowest BCUT2D eigenvalue weighted by molar-refractivity contribution is 0.0494. The summed E-state index contributed by atoms with van der Waals surface area (Å²) in [5.41, 5.74) is -0.255. The number of carbonyl (C=O) groups excluding carboxylic acids is 1. The van der Waals surface area contributed by atoms with Gasteiger partial charge in [-0.05, 0) is 31.4 Å². The van der Waals surface area contributed by atoms with Crippen LogP contribution < -0.4 is 5.14 Å². The predicted octanol–water partition coefficient (Wildman–Crippen LogP) is 1.74. The lowest BCUT2D eigenvalue weighted by atomic mass is 10.1. The molecule has 1 aliphatic rings. The van der Waals surface area contributed by atoms with E-state index >= 15 is 0 Å². The van der Waals surface area contributed by atoms with E-state index in [2.05, 4.69) is 0 Å². The SMILES string of the molecule is Cc1c(F)cc(C(=O)OCCC2CC2)cc1S(N)(=O)=O. The molecule has 0 amide bonds. The van der Waals surface area contributed by atoms with Crippen LogP contribution in [0, 0.1) is 18.7 Å². The summed E-state index contributed by atoms with van der Waals surface area (Å²) in [6.07, 6.45) is 3.07. The lowest BCUT2D eigenvalue weighted by Crippen LogP contribution is -2.16. The highest BCUT2D eigenvalue weighted by molar-refractivity contribution is 7.89. The van der Waals surface area contributed by atoms with E-state index in [1.165, 1.54) is 6.92 Å². The van der Waals surface area contributed by atoms with Crippen LogP contribution in [0.4, 0.5) is 4.39 Å². The highest BCUT2D eigenvalue weighted by atomic mass is 32.2. The summed E-state index contributed by atoms with van der Waals surface area (Å²) in [6.45, 7) is 1.54. The normalized spacial score (nSPS) is 15.2. The quantitative estimate of drug-likeness (QED) is 0.839. The maximum absolute atomic E-state index is 13.7.